The molecule has 1 saturated carbocycles. The second kappa shape index (κ2) is 5.70. The van der Waals surface area contributed by atoms with Crippen LogP contribution in [0.3, 0.4) is 0 Å². The number of hydrogen-bond donors (Lipinski definition) is 2. The van der Waals surface area contributed by atoms with Crippen molar-refractivity contribution in [3.8, 4) is 0 Å². The standard InChI is InChI=1S/C16H24N2O3/c19-14(20)16-8-4-7-13(16)10-18(11-16)15(21)17-9-12-5-2-1-3-6-12/h1-2,12-13H,3-11H2,(H,17,21)(H,19,20)/t12?,13-,16+/m0/s1. The van der Waals surface area contributed by atoms with Gasteiger partial charge in [0, 0.05) is 19.6 Å². The summed E-state index contributed by atoms with van der Waals surface area (Å²) in [6, 6.07) is -0.0837. The Labute approximate surface area is 125 Å². The fourth-order valence-corrected chi connectivity index (χ4v) is 4.18. The van der Waals surface area contributed by atoms with Crippen LogP contribution in [0.1, 0.15) is 38.5 Å². The van der Waals surface area contributed by atoms with Crippen molar-refractivity contribution in [1.82, 2.24) is 10.2 Å². The molecule has 5 nitrogen and oxygen atoms in total. The third-order valence-electron chi connectivity index (χ3n) is 5.50. The van der Waals surface area contributed by atoms with Crippen LogP contribution in [0.25, 0.3) is 0 Å². The average Bonchev–Trinajstić information content (AvgIpc) is 3.03. The summed E-state index contributed by atoms with van der Waals surface area (Å²) in [5, 5.41) is 12.5. The van der Waals surface area contributed by atoms with Crippen LogP contribution < -0.4 is 5.32 Å². The Balaban J connectivity index is 1.54. The van der Waals surface area contributed by atoms with E-state index in [1.165, 1.54) is 0 Å². The molecule has 1 saturated heterocycles. The van der Waals surface area contributed by atoms with Crippen molar-refractivity contribution in [2.24, 2.45) is 17.3 Å². The number of allylic oxidation sites excluding steroid dienone is 2. The molecule has 0 aromatic heterocycles. The molecule has 0 bridgehead atoms. The fourth-order valence-electron chi connectivity index (χ4n) is 4.18. The van der Waals surface area contributed by atoms with Gasteiger partial charge in [-0.2, -0.15) is 0 Å². The predicted octanol–water partition coefficient (Wildman–Crippen LogP) is 2.24. The molecular weight excluding hydrogens is 268 g/mol. The number of fused-ring (bicyclic) bond motifs is 1. The summed E-state index contributed by atoms with van der Waals surface area (Å²) >= 11 is 0. The van der Waals surface area contributed by atoms with Gasteiger partial charge in [-0.3, -0.25) is 4.79 Å². The Kier molecular flexibility index (Phi) is 3.91. The SMILES string of the molecule is O=C(NCC1CC=CCC1)N1C[C@@H]2CCC[C@@]2(C(=O)O)C1. The van der Waals surface area contributed by atoms with Crippen molar-refractivity contribution < 1.29 is 14.7 Å². The minimum Gasteiger partial charge on any atom is -0.481 e. The Bertz CT molecular complexity index is 462. The first-order valence-electron chi connectivity index (χ1n) is 8.03. The molecule has 2 aliphatic carbocycles. The maximum absolute atomic E-state index is 12.3. The minimum atomic E-state index is -0.724. The van der Waals surface area contributed by atoms with Gasteiger partial charge in [0.1, 0.15) is 0 Å². The van der Waals surface area contributed by atoms with Gasteiger partial charge in [-0.05, 0) is 43.9 Å². The molecule has 3 rings (SSSR count). The summed E-state index contributed by atoms with van der Waals surface area (Å²) in [5.41, 5.74) is -0.676. The van der Waals surface area contributed by atoms with Crippen LogP contribution in [0, 0.1) is 17.3 Å². The lowest BCUT2D eigenvalue weighted by Crippen LogP contribution is -2.43. The third kappa shape index (κ3) is 2.65. The summed E-state index contributed by atoms with van der Waals surface area (Å²) in [6.45, 7) is 1.68. The lowest BCUT2D eigenvalue weighted by atomic mass is 9.81. The van der Waals surface area contributed by atoms with Crippen LogP contribution in [-0.4, -0.2) is 41.6 Å². The first kappa shape index (κ1) is 14.4. The molecule has 0 aromatic carbocycles. The van der Waals surface area contributed by atoms with Crippen molar-refractivity contribution in [2.45, 2.75) is 38.5 Å². The van der Waals surface area contributed by atoms with Gasteiger partial charge < -0.3 is 15.3 Å². The summed E-state index contributed by atoms with van der Waals surface area (Å²) in [4.78, 5) is 25.6. The molecule has 3 aliphatic rings. The van der Waals surface area contributed by atoms with Crippen LogP contribution in [0.2, 0.25) is 0 Å². The van der Waals surface area contributed by atoms with Gasteiger partial charge in [0.25, 0.3) is 0 Å². The lowest BCUT2D eigenvalue weighted by molar-refractivity contribution is -0.149. The Morgan fingerprint density at radius 3 is 2.86 bits per heavy atom. The van der Waals surface area contributed by atoms with E-state index in [-0.39, 0.29) is 11.9 Å². The first-order valence-corrected chi connectivity index (χ1v) is 8.03. The van der Waals surface area contributed by atoms with E-state index in [1.807, 2.05) is 0 Å². The number of carbonyl (C=O) groups excluding carboxylic acids is 1. The van der Waals surface area contributed by atoms with Crippen molar-refractivity contribution in [2.75, 3.05) is 19.6 Å². The van der Waals surface area contributed by atoms with Gasteiger partial charge in [-0.1, -0.05) is 18.6 Å². The smallest absolute Gasteiger partial charge is 0.317 e. The predicted molar refractivity (Wildman–Crippen MR) is 78.9 cm³/mol. The van der Waals surface area contributed by atoms with Gasteiger partial charge in [-0.25, -0.2) is 4.79 Å². The number of carbonyl (C=O) groups is 2. The molecule has 0 radical (unpaired) electrons. The topological polar surface area (TPSA) is 69.6 Å². The van der Waals surface area contributed by atoms with E-state index in [9.17, 15) is 14.7 Å². The number of carboxylic acids is 1. The number of likely N-dealkylation sites (tertiary alicyclic amines) is 1. The largest absolute Gasteiger partial charge is 0.481 e. The second-order valence-electron chi connectivity index (χ2n) is 6.77. The Morgan fingerprint density at radius 2 is 2.19 bits per heavy atom. The van der Waals surface area contributed by atoms with Gasteiger partial charge in [-0.15, -0.1) is 0 Å². The average molecular weight is 292 g/mol. The van der Waals surface area contributed by atoms with Gasteiger partial charge in [0.05, 0.1) is 5.41 Å². The number of aliphatic carboxylic acids is 1. The fraction of sp³-hybridized carbons (Fsp3) is 0.750. The number of urea groups is 1. The molecule has 1 aliphatic heterocycles. The van der Waals surface area contributed by atoms with Crippen molar-refractivity contribution in [1.29, 1.82) is 0 Å². The van der Waals surface area contributed by atoms with Crippen LogP contribution >= 0.6 is 0 Å². The van der Waals surface area contributed by atoms with Crippen molar-refractivity contribution in [3.05, 3.63) is 12.2 Å². The third-order valence-corrected chi connectivity index (χ3v) is 5.50. The highest BCUT2D eigenvalue weighted by Crippen LogP contribution is 2.48. The van der Waals surface area contributed by atoms with Crippen molar-refractivity contribution >= 4 is 12.0 Å². The van der Waals surface area contributed by atoms with Crippen molar-refractivity contribution in [3.63, 3.8) is 0 Å². The number of amides is 2. The zero-order valence-corrected chi connectivity index (χ0v) is 12.4. The minimum absolute atomic E-state index is 0.0837. The maximum Gasteiger partial charge on any atom is 0.317 e. The monoisotopic (exact) mass is 292 g/mol. The molecule has 5 heteroatoms. The van der Waals surface area contributed by atoms with E-state index in [0.29, 0.717) is 32.0 Å². The zero-order valence-electron chi connectivity index (χ0n) is 12.4. The van der Waals surface area contributed by atoms with Crippen LogP contribution in [0.5, 0.6) is 0 Å². The van der Waals surface area contributed by atoms with E-state index >= 15 is 0 Å². The molecule has 2 fully saturated rings. The van der Waals surface area contributed by atoms with Gasteiger partial charge in [0.15, 0.2) is 0 Å². The number of carboxylic acid groups (broad SMARTS) is 1. The normalized spacial score (nSPS) is 34.8. The molecule has 21 heavy (non-hydrogen) atoms. The van der Waals surface area contributed by atoms with Crippen LogP contribution in [0.15, 0.2) is 12.2 Å². The quantitative estimate of drug-likeness (QED) is 0.784. The van der Waals surface area contributed by atoms with Gasteiger partial charge >= 0.3 is 12.0 Å². The summed E-state index contributed by atoms with van der Waals surface area (Å²) in [5.74, 6) is -0.0643. The van der Waals surface area contributed by atoms with E-state index in [0.717, 1.165) is 32.1 Å². The molecule has 2 N–H and O–H groups in total. The molecule has 0 aromatic rings. The summed E-state index contributed by atoms with van der Waals surface area (Å²) in [6.07, 6.45) is 10.2. The molecule has 1 unspecified atom stereocenters. The lowest BCUT2D eigenvalue weighted by Gasteiger charge is -2.24. The zero-order chi connectivity index (χ0) is 14.9. The highest BCUT2D eigenvalue weighted by molar-refractivity contribution is 5.80. The number of nitrogens with zero attached hydrogens (tertiary/aromatic N) is 1. The maximum atomic E-state index is 12.3. The van der Waals surface area contributed by atoms with Gasteiger partial charge in [0.2, 0.25) is 0 Å². The number of nitrogens with one attached hydrogen (secondary N) is 1. The van der Waals surface area contributed by atoms with E-state index in [1.54, 1.807) is 4.90 Å². The number of hydrogen-bond acceptors (Lipinski definition) is 2. The Hall–Kier alpha value is -1.52. The van der Waals surface area contributed by atoms with E-state index in [2.05, 4.69) is 17.5 Å². The first-order chi connectivity index (χ1) is 10.1. The Morgan fingerprint density at radius 1 is 1.33 bits per heavy atom. The molecule has 0 spiro atoms. The molecule has 1 heterocycles. The highest BCUT2D eigenvalue weighted by Gasteiger charge is 2.55. The highest BCUT2D eigenvalue weighted by atomic mass is 16.4. The summed E-state index contributed by atoms with van der Waals surface area (Å²) < 4.78 is 0. The second-order valence-corrected chi connectivity index (χ2v) is 6.77. The molecule has 2 amide bonds. The van der Waals surface area contributed by atoms with E-state index < -0.39 is 11.4 Å². The molecule has 116 valence electrons. The molecular formula is C16H24N2O3. The summed E-state index contributed by atoms with van der Waals surface area (Å²) in [7, 11) is 0. The van der Waals surface area contributed by atoms with E-state index in [4.69, 9.17) is 0 Å². The van der Waals surface area contributed by atoms with Crippen LogP contribution in [-0.2, 0) is 4.79 Å². The van der Waals surface area contributed by atoms with Crippen LogP contribution in [0.4, 0.5) is 4.79 Å². The number of rotatable bonds is 3. The molecule has 3 atom stereocenters.